The van der Waals surface area contributed by atoms with Crippen molar-refractivity contribution in [2.45, 2.75) is 31.7 Å². The molecule has 0 spiro atoms. The summed E-state index contributed by atoms with van der Waals surface area (Å²) in [6.07, 6.45) is 4.71. The molecule has 3 heterocycles. The molecule has 1 amide bonds. The van der Waals surface area contributed by atoms with Crippen LogP contribution in [0.2, 0.25) is 0 Å². The highest BCUT2D eigenvalue weighted by Crippen LogP contribution is 2.40. The average molecular weight is 285 g/mol. The highest BCUT2D eigenvalue weighted by atomic mass is 16.5. The van der Waals surface area contributed by atoms with E-state index in [0.717, 1.165) is 36.3 Å². The number of nitrogen functional groups attached to an aromatic ring is 1. The number of aromatic nitrogens is 3. The summed E-state index contributed by atoms with van der Waals surface area (Å²) in [5, 5.41) is 3.90. The van der Waals surface area contributed by atoms with Gasteiger partial charge in [0.1, 0.15) is 5.76 Å². The zero-order valence-electron chi connectivity index (χ0n) is 11.5. The van der Waals surface area contributed by atoms with Crippen LogP contribution in [0.4, 0.5) is 5.95 Å². The van der Waals surface area contributed by atoms with E-state index in [9.17, 15) is 4.79 Å². The fraction of sp³-hybridized carbons (Fsp3) is 0.429. The molecule has 4 rings (SSSR count). The van der Waals surface area contributed by atoms with Gasteiger partial charge in [0.05, 0.1) is 12.2 Å². The first-order chi connectivity index (χ1) is 10.2. The zero-order valence-corrected chi connectivity index (χ0v) is 11.5. The van der Waals surface area contributed by atoms with Crippen molar-refractivity contribution in [3.8, 4) is 0 Å². The number of rotatable bonds is 2. The predicted molar refractivity (Wildman–Crippen MR) is 73.4 cm³/mol. The molecule has 2 aliphatic rings. The molecule has 0 atom stereocenters. The monoisotopic (exact) mass is 285 g/mol. The summed E-state index contributed by atoms with van der Waals surface area (Å²) in [6, 6.07) is 1.77. The molecule has 0 bridgehead atoms. The lowest BCUT2D eigenvalue weighted by Crippen LogP contribution is -2.36. The quantitative estimate of drug-likeness (QED) is 0.888. The third kappa shape index (κ3) is 2.24. The van der Waals surface area contributed by atoms with Gasteiger partial charge in [0, 0.05) is 24.7 Å². The van der Waals surface area contributed by atoms with E-state index in [4.69, 9.17) is 10.3 Å². The number of amides is 1. The van der Waals surface area contributed by atoms with E-state index >= 15 is 0 Å². The molecule has 1 saturated carbocycles. The van der Waals surface area contributed by atoms with Crippen molar-refractivity contribution < 1.29 is 9.32 Å². The van der Waals surface area contributed by atoms with E-state index in [1.807, 2.05) is 0 Å². The van der Waals surface area contributed by atoms with Gasteiger partial charge in [-0.2, -0.15) is 0 Å². The number of fused-ring (bicyclic) bond motifs is 1. The molecule has 108 valence electrons. The molecule has 7 heteroatoms. The zero-order chi connectivity index (χ0) is 14.4. The highest BCUT2D eigenvalue weighted by Gasteiger charge is 2.30. The van der Waals surface area contributed by atoms with Crippen LogP contribution in [0.3, 0.4) is 0 Å². The molecule has 1 aliphatic carbocycles. The van der Waals surface area contributed by atoms with Crippen molar-refractivity contribution >= 4 is 11.9 Å². The van der Waals surface area contributed by atoms with Crippen LogP contribution in [0, 0.1) is 0 Å². The van der Waals surface area contributed by atoms with Crippen LogP contribution < -0.4 is 5.73 Å². The maximum atomic E-state index is 12.5. The fourth-order valence-electron chi connectivity index (χ4n) is 2.60. The standard InChI is InChI=1S/C14H15N5O2/c15-14-16-6-9-3-4-19(7-11(9)17-14)13(20)10-5-12(21-18-10)8-1-2-8/h5-6,8H,1-4,7H2,(H2,15,16,17). The van der Waals surface area contributed by atoms with Gasteiger partial charge in [0.15, 0.2) is 5.69 Å². The predicted octanol–water partition coefficient (Wildman–Crippen LogP) is 1.12. The number of carbonyl (C=O) groups excluding carboxylic acids is 1. The summed E-state index contributed by atoms with van der Waals surface area (Å²) in [6.45, 7) is 1.07. The second-order valence-corrected chi connectivity index (χ2v) is 5.57. The Morgan fingerprint density at radius 1 is 1.43 bits per heavy atom. The van der Waals surface area contributed by atoms with Crippen LogP contribution in [0.5, 0.6) is 0 Å². The minimum Gasteiger partial charge on any atom is -0.368 e. The summed E-state index contributed by atoms with van der Waals surface area (Å²) >= 11 is 0. The lowest BCUT2D eigenvalue weighted by atomic mass is 10.1. The Kier molecular flexibility index (Phi) is 2.66. The Balaban J connectivity index is 1.54. The van der Waals surface area contributed by atoms with Gasteiger partial charge in [-0.3, -0.25) is 4.79 Å². The van der Waals surface area contributed by atoms with Gasteiger partial charge in [-0.25, -0.2) is 9.97 Å². The Hall–Kier alpha value is -2.44. The molecule has 1 aliphatic heterocycles. The van der Waals surface area contributed by atoms with Crippen LogP contribution >= 0.6 is 0 Å². The van der Waals surface area contributed by atoms with E-state index < -0.39 is 0 Å². The molecule has 21 heavy (non-hydrogen) atoms. The smallest absolute Gasteiger partial charge is 0.276 e. The molecule has 0 aromatic carbocycles. The molecule has 0 unspecified atom stereocenters. The Morgan fingerprint density at radius 2 is 2.29 bits per heavy atom. The highest BCUT2D eigenvalue weighted by molar-refractivity contribution is 5.92. The van der Waals surface area contributed by atoms with E-state index in [-0.39, 0.29) is 11.9 Å². The lowest BCUT2D eigenvalue weighted by molar-refractivity contribution is 0.0721. The SMILES string of the molecule is Nc1ncc2c(n1)CN(C(=O)c1cc(C3CC3)on1)CC2. The first-order valence-corrected chi connectivity index (χ1v) is 7.07. The van der Waals surface area contributed by atoms with Crippen molar-refractivity contribution in [2.75, 3.05) is 12.3 Å². The van der Waals surface area contributed by atoms with Gasteiger partial charge in [0.25, 0.3) is 5.91 Å². The number of nitrogens with zero attached hydrogens (tertiary/aromatic N) is 4. The minimum absolute atomic E-state index is 0.117. The number of hydrogen-bond donors (Lipinski definition) is 1. The first kappa shape index (κ1) is 12.3. The maximum Gasteiger partial charge on any atom is 0.276 e. The number of nitrogens with two attached hydrogens (primary N) is 1. The first-order valence-electron chi connectivity index (χ1n) is 7.07. The van der Waals surface area contributed by atoms with Crippen LogP contribution in [0.1, 0.15) is 46.3 Å². The third-order valence-corrected chi connectivity index (χ3v) is 3.98. The van der Waals surface area contributed by atoms with Gasteiger partial charge in [-0.05, 0) is 24.8 Å². The lowest BCUT2D eigenvalue weighted by Gasteiger charge is -2.27. The molecule has 0 radical (unpaired) electrons. The van der Waals surface area contributed by atoms with E-state index in [1.54, 1.807) is 17.2 Å². The molecule has 7 nitrogen and oxygen atoms in total. The molecule has 2 aromatic rings. The summed E-state index contributed by atoms with van der Waals surface area (Å²) < 4.78 is 5.25. The molecule has 2 N–H and O–H groups in total. The topological polar surface area (TPSA) is 98.1 Å². The summed E-state index contributed by atoms with van der Waals surface area (Å²) in [7, 11) is 0. The number of anilines is 1. The van der Waals surface area contributed by atoms with Crippen molar-refractivity contribution in [3.63, 3.8) is 0 Å². The van der Waals surface area contributed by atoms with Gasteiger partial charge in [-0.15, -0.1) is 0 Å². The van der Waals surface area contributed by atoms with E-state index in [0.29, 0.717) is 24.7 Å². The fourth-order valence-corrected chi connectivity index (χ4v) is 2.60. The van der Waals surface area contributed by atoms with Crippen molar-refractivity contribution in [3.05, 3.63) is 35.0 Å². The van der Waals surface area contributed by atoms with Crippen molar-refractivity contribution in [1.82, 2.24) is 20.0 Å². The number of hydrogen-bond acceptors (Lipinski definition) is 6. The van der Waals surface area contributed by atoms with E-state index in [2.05, 4.69) is 15.1 Å². The van der Waals surface area contributed by atoms with Crippen LogP contribution in [0.25, 0.3) is 0 Å². The summed E-state index contributed by atoms with van der Waals surface area (Å²) in [5.41, 5.74) is 7.84. The second kappa shape index (κ2) is 4.54. The van der Waals surface area contributed by atoms with Crippen LogP contribution in [-0.2, 0) is 13.0 Å². The second-order valence-electron chi connectivity index (χ2n) is 5.57. The maximum absolute atomic E-state index is 12.5. The van der Waals surface area contributed by atoms with Crippen LogP contribution in [-0.4, -0.2) is 32.5 Å². The van der Waals surface area contributed by atoms with Crippen molar-refractivity contribution in [1.29, 1.82) is 0 Å². The van der Waals surface area contributed by atoms with Gasteiger partial charge in [0.2, 0.25) is 5.95 Å². The normalized spacial score (nSPS) is 17.6. The van der Waals surface area contributed by atoms with Crippen LogP contribution in [0.15, 0.2) is 16.8 Å². The number of carbonyl (C=O) groups is 1. The molecule has 2 aromatic heterocycles. The average Bonchev–Trinajstić information content (AvgIpc) is 3.23. The van der Waals surface area contributed by atoms with Gasteiger partial charge < -0.3 is 15.2 Å². The minimum atomic E-state index is -0.117. The largest absolute Gasteiger partial charge is 0.368 e. The molecule has 0 saturated heterocycles. The van der Waals surface area contributed by atoms with Crippen molar-refractivity contribution in [2.24, 2.45) is 0 Å². The third-order valence-electron chi connectivity index (χ3n) is 3.98. The Morgan fingerprint density at radius 3 is 3.10 bits per heavy atom. The molecular weight excluding hydrogens is 270 g/mol. The van der Waals surface area contributed by atoms with Gasteiger partial charge in [-0.1, -0.05) is 5.16 Å². The Labute approximate surface area is 121 Å². The summed E-state index contributed by atoms with van der Waals surface area (Å²) in [4.78, 5) is 22.4. The van der Waals surface area contributed by atoms with E-state index in [1.165, 1.54) is 0 Å². The Bertz CT molecular complexity index is 707. The van der Waals surface area contributed by atoms with Gasteiger partial charge >= 0.3 is 0 Å². The molecular formula is C14H15N5O2. The molecule has 1 fully saturated rings. The summed E-state index contributed by atoms with van der Waals surface area (Å²) in [5.74, 6) is 1.39.